The summed E-state index contributed by atoms with van der Waals surface area (Å²) in [7, 11) is 0. The van der Waals surface area contributed by atoms with E-state index >= 15 is 0 Å². The van der Waals surface area contributed by atoms with E-state index in [9.17, 15) is 18.8 Å². The van der Waals surface area contributed by atoms with E-state index in [2.05, 4.69) is 36.2 Å². The van der Waals surface area contributed by atoms with Gasteiger partial charge in [-0.15, -0.1) is 0 Å². The second kappa shape index (κ2) is 9.00. The van der Waals surface area contributed by atoms with Gasteiger partial charge in [-0.3, -0.25) is 19.4 Å². The van der Waals surface area contributed by atoms with Gasteiger partial charge >= 0.3 is 0 Å². The van der Waals surface area contributed by atoms with Gasteiger partial charge < -0.3 is 15.1 Å². The first-order valence-corrected chi connectivity index (χ1v) is 12.5. The van der Waals surface area contributed by atoms with E-state index in [0.717, 1.165) is 11.1 Å². The van der Waals surface area contributed by atoms with Crippen LogP contribution in [0.1, 0.15) is 50.7 Å². The van der Waals surface area contributed by atoms with Crippen LogP contribution < -0.4 is 5.32 Å². The number of aromatic nitrogens is 3. The van der Waals surface area contributed by atoms with Crippen molar-refractivity contribution in [2.24, 2.45) is 4.99 Å². The van der Waals surface area contributed by atoms with Crippen LogP contribution in [0, 0.1) is 5.82 Å². The SMILES string of the molecule is CC(C)(C)c1cc(-c2ccc(F)cc2)nn2cc(C(=O)N3CCN(C(=O)C4=NCC(=O)N4)CC3(C)C)nc12. The highest BCUT2D eigenvalue weighted by molar-refractivity contribution is 6.42. The Labute approximate surface area is 219 Å². The van der Waals surface area contributed by atoms with E-state index < -0.39 is 5.54 Å². The number of amidine groups is 1. The highest BCUT2D eigenvalue weighted by Crippen LogP contribution is 2.31. The molecule has 1 fully saturated rings. The Kier molecular flexibility index (Phi) is 6.04. The number of benzene rings is 1. The summed E-state index contributed by atoms with van der Waals surface area (Å²) < 4.78 is 15.1. The summed E-state index contributed by atoms with van der Waals surface area (Å²) in [5, 5.41) is 7.17. The third kappa shape index (κ3) is 4.64. The molecule has 0 bridgehead atoms. The van der Waals surface area contributed by atoms with Crippen molar-refractivity contribution < 1.29 is 18.8 Å². The Morgan fingerprint density at radius 2 is 1.79 bits per heavy atom. The van der Waals surface area contributed by atoms with Gasteiger partial charge in [-0.25, -0.2) is 13.9 Å². The zero-order valence-corrected chi connectivity index (χ0v) is 22.1. The summed E-state index contributed by atoms with van der Waals surface area (Å²) in [5.41, 5.74) is 2.14. The van der Waals surface area contributed by atoms with Gasteiger partial charge in [-0.05, 0) is 49.6 Å². The number of aliphatic imine (C=N–C) groups is 1. The number of halogens is 1. The monoisotopic (exact) mass is 519 g/mol. The maximum absolute atomic E-state index is 13.7. The molecule has 1 N–H and O–H groups in total. The van der Waals surface area contributed by atoms with Gasteiger partial charge in [0.05, 0.1) is 17.4 Å². The van der Waals surface area contributed by atoms with E-state index in [1.165, 1.54) is 12.1 Å². The molecule has 0 atom stereocenters. The molecule has 2 aromatic heterocycles. The van der Waals surface area contributed by atoms with Crippen LogP contribution in [0.5, 0.6) is 0 Å². The average Bonchev–Trinajstić information content (AvgIpc) is 3.48. The Morgan fingerprint density at radius 3 is 2.39 bits per heavy atom. The predicted molar refractivity (Wildman–Crippen MR) is 139 cm³/mol. The van der Waals surface area contributed by atoms with Gasteiger partial charge in [-0.2, -0.15) is 5.10 Å². The van der Waals surface area contributed by atoms with Crippen molar-refractivity contribution in [2.45, 2.75) is 45.6 Å². The molecule has 198 valence electrons. The molecule has 3 amide bonds. The molecule has 2 aliphatic heterocycles. The van der Waals surface area contributed by atoms with Crippen molar-refractivity contribution in [1.29, 1.82) is 0 Å². The number of fused-ring (bicyclic) bond motifs is 1. The number of nitrogens with one attached hydrogen (secondary N) is 1. The lowest BCUT2D eigenvalue weighted by molar-refractivity contribution is -0.129. The van der Waals surface area contributed by atoms with Crippen molar-refractivity contribution in [3.05, 3.63) is 53.6 Å². The van der Waals surface area contributed by atoms with Crippen LogP contribution in [-0.2, 0) is 15.0 Å². The summed E-state index contributed by atoms with van der Waals surface area (Å²) in [6.45, 7) is 10.8. The lowest BCUT2D eigenvalue weighted by atomic mass is 9.87. The van der Waals surface area contributed by atoms with Crippen molar-refractivity contribution in [3.63, 3.8) is 0 Å². The number of hydrogen-bond donors (Lipinski definition) is 1. The standard InChI is InChI=1S/C27H30FN7O3/c1-26(2,3)18-12-19(16-6-8-17(28)9-7-16)32-35-14-20(30-23(18)35)24(37)34-11-10-33(15-27(34,4)5)25(38)22-29-13-21(36)31-22/h6-9,12,14H,10-11,13,15H2,1-5H3,(H,29,31,36). The molecular weight excluding hydrogens is 489 g/mol. The number of piperazine rings is 1. The van der Waals surface area contributed by atoms with Crippen molar-refractivity contribution in [2.75, 3.05) is 26.2 Å². The Morgan fingerprint density at radius 1 is 1.08 bits per heavy atom. The highest BCUT2D eigenvalue weighted by atomic mass is 19.1. The topological polar surface area (TPSA) is 112 Å². The maximum Gasteiger partial charge on any atom is 0.289 e. The van der Waals surface area contributed by atoms with E-state index in [0.29, 0.717) is 24.4 Å². The lowest BCUT2D eigenvalue weighted by Crippen LogP contribution is -2.63. The number of nitrogens with zero attached hydrogens (tertiary/aromatic N) is 6. The summed E-state index contributed by atoms with van der Waals surface area (Å²) >= 11 is 0. The fraction of sp³-hybridized carbons (Fsp3) is 0.407. The van der Waals surface area contributed by atoms with Crippen LogP contribution in [0.15, 0.2) is 41.5 Å². The predicted octanol–water partition coefficient (Wildman–Crippen LogP) is 2.42. The third-order valence-corrected chi connectivity index (χ3v) is 6.87. The zero-order valence-electron chi connectivity index (χ0n) is 22.1. The fourth-order valence-electron chi connectivity index (χ4n) is 4.87. The van der Waals surface area contributed by atoms with E-state index in [4.69, 9.17) is 4.98 Å². The normalized spacial score (nSPS) is 17.5. The third-order valence-electron chi connectivity index (χ3n) is 6.87. The molecule has 3 aromatic rings. The number of amides is 3. The zero-order chi connectivity index (χ0) is 27.4. The largest absolute Gasteiger partial charge is 0.332 e. The second-order valence-electron chi connectivity index (χ2n) is 11.3. The second-order valence-corrected chi connectivity index (χ2v) is 11.3. The quantitative estimate of drug-likeness (QED) is 0.571. The van der Waals surface area contributed by atoms with Gasteiger partial charge in [0.15, 0.2) is 11.5 Å². The average molecular weight is 520 g/mol. The van der Waals surface area contributed by atoms with Crippen LogP contribution >= 0.6 is 0 Å². The van der Waals surface area contributed by atoms with Gasteiger partial charge in [0.2, 0.25) is 5.91 Å². The van der Waals surface area contributed by atoms with Gasteiger partial charge in [-0.1, -0.05) is 20.8 Å². The molecule has 0 unspecified atom stereocenters. The molecule has 0 aliphatic carbocycles. The summed E-state index contributed by atoms with van der Waals surface area (Å²) in [6, 6.07) is 8.05. The molecule has 1 aromatic carbocycles. The molecule has 0 saturated carbocycles. The summed E-state index contributed by atoms with van der Waals surface area (Å²) in [6.07, 6.45) is 1.62. The Bertz CT molecular complexity index is 1480. The summed E-state index contributed by atoms with van der Waals surface area (Å²) in [4.78, 5) is 50.0. The molecule has 10 nitrogen and oxygen atoms in total. The van der Waals surface area contributed by atoms with E-state index in [1.807, 2.05) is 19.9 Å². The molecule has 2 aliphatic rings. The smallest absolute Gasteiger partial charge is 0.289 e. The Balaban J connectivity index is 1.45. The minimum Gasteiger partial charge on any atom is -0.332 e. The molecule has 4 heterocycles. The summed E-state index contributed by atoms with van der Waals surface area (Å²) in [5.74, 6) is -1.20. The minimum atomic E-state index is -0.691. The van der Waals surface area contributed by atoms with Crippen molar-refractivity contribution in [3.8, 4) is 11.3 Å². The highest BCUT2D eigenvalue weighted by Gasteiger charge is 2.41. The molecule has 5 rings (SSSR count). The van der Waals surface area contributed by atoms with Crippen molar-refractivity contribution in [1.82, 2.24) is 29.7 Å². The molecule has 38 heavy (non-hydrogen) atoms. The molecule has 0 spiro atoms. The minimum absolute atomic E-state index is 0.0451. The maximum atomic E-state index is 13.7. The number of imidazole rings is 1. The van der Waals surface area contributed by atoms with Crippen LogP contribution in [0.4, 0.5) is 4.39 Å². The molecule has 11 heteroatoms. The fourth-order valence-corrected chi connectivity index (χ4v) is 4.87. The van der Waals surface area contributed by atoms with E-state index in [-0.39, 0.29) is 53.6 Å². The van der Waals surface area contributed by atoms with Crippen molar-refractivity contribution >= 4 is 29.2 Å². The first-order valence-electron chi connectivity index (χ1n) is 12.5. The van der Waals surface area contributed by atoms with Gasteiger partial charge in [0.25, 0.3) is 11.8 Å². The number of hydrogen-bond acceptors (Lipinski definition) is 6. The van der Waals surface area contributed by atoms with Crippen LogP contribution in [-0.4, -0.2) is 79.7 Å². The molecular formula is C27H30FN7O3. The van der Waals surface area contributed by atoms with Gasteiger partial charge in [0, 0.05) is 30.8 Å². The van der Waals surface area contributed by atoms with E-state index in [1.54, 1.807) is 32.6 Å². The lowest BCUT2D eigenvalue weighted by Gasteiger charge is -2.46. The van der Waals surface area contributed by atoms with Crippen LogP contribution in [0.3, 0.4) is 0 Å². The Hall–Kier alpha value is -4.15. The first-order chi connectivity index (χ1) is 17.8. The number of carbonyl (C=O) groups is 3. The molecule has 1 saturated heterocycles. The number of rotatable bonds is 3. The molecule has 0 radical (unpaired) electrons. The van der Waals surface area contributed by atoms with Crippen LogP contribution in [0.2, 0.25) is 0 Å². The van der Waals surface area contributed by atoms with Crippen LogP contribution in [0.25, 0.3) is 16.9 Å². The first kappa shape index (κ1) is 25.5. The number of carbonyl (C=O) groups excluding carboxylic acids is 3. The van der Waals surface area contributed by atoms with Gasteiger partial charge in [0.1, 0.15) is 18.1 Å².